The number of aliphatic carboxylic acids is 1. The molecule has 12 heteroatoms. The number of nitrogens with zero attached hydrogens (tertiary/aromatic N) is 3. The zero-order valence-electron chi connectivity index (χ0n) is 12.4. The van der Waals surface area contributed by atoms with Crippen LogP contribution in [0.25, 0.3) is 0 Å². The summed E-state index contributed by atoms with van der Waals surface area (Å²) in [5.74, 6) is -0.665. The van der Waals surface area contributed by atoms with Crippen molar-refractivity contribution in [1.29, 1.82) is 0 Å². The molecular formula is C11H20N8O4. The van der Waals surface area contributed by atoms with Crippen molar-refractivity contribution in [3.63, 3.8) is 0 Å². The van der Waals surface area contributed by atoms with Crippen LogP contribution in [-0.4, -0.2) is 46.3 Å². The number of hydrogen-bond donors (Lipinski definition) is 6. The number of carboxylic acids is 1. The fourth-order valence-corrected chi connectivity index (χ4v) is 1.51. The number of carbonyl (C=O) groups is 2. The van der Waals surface area contributed by atoms with E-state index in [1.54, 1.807) is 0 Å². The molecule has 0 aliphatic heterocycles. The molecule has 1 heterocycles. The van der Waals surface area contributed by atoms with E-state index in [-0.39, 0.29) is 18.4 Å². The van der Waals surface area contributed by atoms with E-state index in [4.69, 9.17) is 26.8 Å². The minimum Gasteiger partial charge on any atom is -0.480 e. The van der Waals surface area contributed by atoms with E-state index in [0.29, 0.717) is 25.2 Å². The quantitative estimate of drug-likeness (QED) is 0.168. The largest absolute Gasteiger partial charge is 0.480 e. The first kappa shape index (κ1) is 18.2. The predicted octanol–water partition coefficient (Wildman–Crippen LogP) is -1.99. The number of hydrogen-bond acceptors (Lipinski definition) is 7. The summed E-state index contributed by atoms with van der Waals surface area (Å²) in [5, 5.41) is 16.6. The maximum atomic E-state index is 11.3. The summed E-state index contributed by atoms with van der Waals surface area (Å²) in [7, 11) is 0. The third-order valence-electron chi connectivity index (χ3n) is 2.58. The van der Waals surface area contributed by atoms with E-state index in [0.717, 1.165) is 0 Å². The Morgan fingerprint density at radius 1 is 1.35 bits per heavy atom. The lowest BCUT2D eigenvalue weighted by atomic mass is 10.1. The third-order valence-corrected chi connectivity index (χ3v) is 2.58. The molecule has 128 valence electrons. The highest BCUT2D eigenvalue weighted by molar-refractivity contribution is 5.79. The smallest absolute Gasteiger partial charge is 0.323 e. The number of carboxylic acid groups (broad SMARTS) is 1. The van der Waals surface area contributed by atoms with Gasteiger partial charge in [-0.15, -0.1) is 0 Å². The van der Waals surface area contributed by atoms with Crippen molar-refractivity contribution in [2.45, 2.75) is 25.4 Å². The summed E-state index contributed by atoms with van der Waals surface area (Å²) in [4.78, 5) is 29.4. The molecule has 1 aromatic rings. The van der Waals surface area contributed by atoms with E-state index in [1.165, 1.54) is 0 Å². The van der Waals surface area contributed by atoms with Gasteiger partial charge in [0.1, 0.15) is 6.54 Å². The molecule has 1 rings (SSSR count). The summed E-state index contributed by atoms with van der Waals surface area (Å²) in [5.41, 5.74) is 16.3. The van der Waals surface area contributed by atoms with Crippen LogP contribution in [0.3, 0.4) is 0 Å². The van der Waals surface area contributed by atoms with Gasteiger partial charge in [0.2, 0.25) is 5.89 Å². The number of guanidine groups is 1. The molecule has 2 amide bonds. The Morgan fingerprint density at radius 3 is 2.74 bits per heavy atom. The fourth-order valence-electron chi connectivity index (χ4n) is 1.51. The number of carbonyl (C=O) groups excluding carboxylic acids is 1. The first-order chi connectivity index (χ1) is 10.9. The average molecular weight is 328 g/mol. The maximum Gasteiger partial charge on any atom is 0.323 e. The molecule has 23 heavy (non-hydrogen) atoms. The van der Waals surface area contributed by atoms with E-state index in [2.05, 4.69) is 25.8 Å². The van der Waals surface area contributed by atoms with Crippen molar-refractivity contribution in [1.82, 2.24) is 20.8 Å². The zero-order chi connectivity index (χ0) is 17.2. The van der Waals surface area contributed by atoms with E-state index in [1.807, 2.05) is 0 Å². The van der Waals surface area contributed by atoms with Crippen LogP contribution in [-0.2, 0) is 11.3 Å². The number of aliphatic imine (C=N–C) groups is 1. The van der Waals surface area contributed by atoms with Crippen molar-refractivity contribution >= 4 is 18.0 Å². The molecule has 0 aliphatic carbocycles. The Morgan fingerprint density at radius 2 is 2.09 bits per heavy atom. The van der Waals surface area contributed by atoms with Gasteiger partial charge in [0.05, 0.1) is 12.6 Å². The molecule has 0 saturated carbocycles. The van der Waals surface area contributed by atoms with Crippen LogP contribution in [0.5, 0.6) is 0 Å². The summed E-state index contributed by atoms with van der Waals surface area (Å²) in [6.07, 6.45) is 1.21. The Kier molecular flexibility index (Phi) is 7.26. The number of urea groups is 1. The molecule has 0 radical (unpaired) electrons. The second-order valence-electron chi connectivity index (χ2n) is 4.53. The van der Waals surface area contributed by atoms with Gasteiger partial charge in [0.25, 0.3) is 0 Å². The van der Waals surface area contributed by atoms with Gasteiger partial charge in [0, 0.05) is 6.54 Å². The number of rotatable bonds is 9. The van der Waals surface area contributed by atoms with E-state index in [9.17, 15) is 9.59 Å². The van der Waals surface area contributed by atoms with Crippen molar-refractivity contribution in [2.24, 2.45) is 22.2 Å². The Labute approximate surface area is 131 Å². The zero-order valence-corrected chi connectivity index (χ0v) is 12.4. The van der Waals surface area contributed by atoms with Crippen molar-refractivity contribution in [3.8, 4) is 0 Å². The second-order valence-corrected chi connectivity index (χ2v) is 4.53. The molecule has 1 aromatic heterocycles. The molecule has 0 fully saturated rings. The highest BCUT2D eigenvalue weighted by Crippen LogP contribution is 2.12. The Bertz CT molecular complexity index is 554. The molecule has 0 aromatic carbocycles. The highest BCUT2D eigenvalue weighted by atomic mass is 16.5. The molecular weight excluding hydrogens is 308 g/mol. The molecule has 0 bridgehead atoms. The van der Waals surface area contributed by atoms with Crippen LogP contribution in [0.15, 0.2) is 9.52 Å². The predicted molar refractivity (Wildman–Crippen MR) is 79.0 cm³/mol. The molecule has 1 unspecified atom stereocenters. The molecule has 9 N–H and O–H groups in total. The Hall–Kier alpha value is -2.89. The number of aromatic nitrogens is 2. The monoisotopic (exact) mass is 328 g/mol. The molecule has 0 saturated heterocycles. The van der Waals surface area contributed by atoms with Gasteiger partial charge in [0.15, 0.2) is 11.8 Å². The molecule has 1 atom stereocenters. The van der Waals surface area contributed by atoms with Crippen LogP contribution >= 0.6 is 0 Å². The van der Waals surface area contributed by atoms with Gasteiger partial charge in [-0.2, -0.15) is 4.98 Å². The fraction of sp³-hybridized carbons (Fsp3) is 0.545. The number of nitrogens with two attached hydrogens (primary N) is 3. The van der Waals surface area contributed by atoms with Crippen LogP contribution in [0.1, 0.15) is 30.6 Å². The molecule has 0 spiro atoms. The third kappa shape index (κ3) is 7.61. The van der Waals surface area contributed by atoms with Gasteiger partial charge >= 0.3 is 12.0 Å². The summed E-state index contributed by atoms with van der Waals surface area (Å²) < 4.78 is 4.94. The highest BCUT2D eigenvalue weighted by Gasteiger charge is 2.14. The number of nitrogens with one attached hydrogen (secondary N) is 2. The van der Waals surface area contributed by atoms with E-state index >= 15 is 0 Å². The summed E-state index contributed by atoms with van der Waals surface area (Å²) in [6, 6.07) is -1.10. The summed E-state index contributed by atoms with van der Waals surface area (Å²) in [6.45, 7) is -0.0766. The SMILES string of the molecule is NC(N)=NCCCC(N)c1noc(CNC(=O)NCC(=O)O)n1. The second kappa shape index (κ2) is 9.19. The minimum absolute atomic E-state index is 0.0210. The number of amides is 2. The van der Waals surface area contributed by atoms with E-state index < -0.39 is 24.6 Å². The van der Waals surface area contributed by atoms with Crippen molar-refractivity contribution in [3.05, 3.63) is 11.7 Å². The normalized spacial score (nSPS) is 11.5. The van der Waals surface area contributed by atoms with Gasteiger partial charge < -0.3 is 37.5 Å². The maximum absolute atomic E-state index is 11.3. The van der Waals surface area contributed by atoms with Crippen LogP contribution in [0, 0.1) is 0 Å². The molecule has 12 nitrogen and oxygen atoms in total. The lowest BCUT2D eigenvalue weighted by Gasteiger charge is -2.05. The van der Waals surface area contributed by atoms with Gasteiger partial charge in [-0.1, -0.05) is 5.16 Å². The van der Waals surface area contributed by atoms with Gasteiger partial charge in [-0.3, -0.25) is 9.79 Å². The topological polar surface area (TPSA) is 208 Å². The van der Waals surface area contributed by atoms with Crippen LogP contribution in [0.2, 0.25) is 0 Å². The van der Waals surface area contributed by atoms with Crippen LogP contribution in [0.4, 0.5) is 4.79 Å². The average Bonchev–Trinajstić information content (AvgIpc) is 2.96. The Balaban J connectivity index is 2.34. The standard InChI is InChI=1S/C11H20N8O4/c12-6(2-1-3-15-10(13)14)9-18-7(23-19-9)4-16-11(22)17-5-8(20)21/h6H,1-5,12H2,(H,20,21)(H4,13,14,15)(H2,16,17,22). The lowest BCUT2D eigenvalue weighted by molar-refractivity contribution is -0.135. The van der Waals surface area contributed by atoms with Gasteiger partial charge in [-0.25, -0.2) is 4.79 Å². The summed E-state index contributed by atoms with van der Waals surface area (Å²) >= 11 is 0. The molecule has 0 aliphatic rings. The first-order valence-electron chi connectivity index (χ1n) is 6.75. The van der Waals surface area contributed by atoms with Crippen LogP contribution < -0.4 is 27.8 Å². The first-order valence-corrected chi connectivity index (χ1v) is 6.75. The van der Waals surface area contributed by atoms with Crippen molar-refractivity contribution < 1.29 is 19.2 Å². The van der Waals surface area contributed by atoms with Gasteiger partial charge in [-0.05, 0) is 12.8 Å². The minimum atomic E-state index is -1.15. The van der Waals surface area contributed by atoms with Crippen molar-refractivity contribution in [2.75, 3.05) is 13.1 Å². The lowest BCUT2D eigenvalue weighted by Crippen LogP contribution is -2.38.